The summed E-state index contributed by atoms with van der Waals surface area (Å²) in [6.07, 6.45) is -0.541. The quantitative estimate of drug-likeness (QED) is 0.624. The maximum absolute atomic E-state index is 13.1. The number of carbonyl (C=O) groups is 2. The van der Waals surface area contributed by atoms with Crippen molar-refractivity contribution in [3.63, 3.8) is 0 Å². The summed E-state index contributed by atoms with van der Waals surface area (Å²) in [6, 6.07) is 8.51. The number of anilines is 2. The number of benzene rings is 2. The van der Waals surface area contributed by atoms with Gasteiger partial charge in [0.05, 0.1) is 25.5 Å². The monoisotopic (exact) mass is 442 g/mol. The second-order valence-corrected chi connectivity index (χ2v) is 7.08. The number of nitrogens with zero attached hydrogens (tertiary/aromatic N) is 1. The second kappa shape index (κ2) is 10.3. The van der Waals surface area contributed by atoms with Gasteiger partial charge in [-0.2, -0.15) is 0 Å². The Bertz CT molecular complexity index is 963. The van der Waals surface area contributed by atoms with Gasteiger partial charge in [-0.1, -0.05) is 0 Å². The Morgan fingerprint density at radius 1 is 1.00 bits per heavy atom. The number of hydrogen-bond donors (Lipinski definition) is 1. The maximum Gasteiger partial charge on any atom is 0.267 e. The van der Waals surface area contributed by atoms with Crippen LogP contribution in [-0.2, 0) is 4.79 Å². The predicted octanol–water partition coefficient (Wildman–Crippen LogP) is 4.27. The lowest BCUT2D eigenvalue weighted by Crippen LogP contribution is -2.44. The first kappa shape index (κ1) is 23.2. The molecule has 8 nitrogen and oxygen atoms in total. The van der Waals surface area contributed by atoms with Crippen LogP contribution in [0, 0.1) is 0 Å². The second-order valence-electron chi connectivity index (χ2n) is 7.08. The van der Waals surface area contributed by atoms with Crippen molar-refractivity contribution in [1.29, 1.82) is 0 Å². The lowest BCUT2D eigenvalue weighted by molar-refractivity contribution is -0.125. The van der Waals surface area contributed by atoms with Crippen LogP contribution in [0.15, 0.2) is 30.3 Å². The van der Waals surface area contributed by atoms with Crippen LogP contribution >= 0.6 is 0 Å². The summed E-state index contributed by atoms with van der Waals surface area (Å²) in [5.74, 6) is 1.52. The first-order valence-corrected chi connectivity index (χ1v) is 10.9. The van der Waals surface area contributed by atoms with Gasteiger partial charge < -0.3 is 29.2 Å². The zero-order valence-corrected chi connectivity index (χ0v) is 19.2. The summed E-state index contributed by atoms with van der Waals surface area (Å²) in [6.45, 7) is 11.0. The Hall–Kier alpha value is -3.42. The molecule has 1 atom stereocenters. The van der Waals surface area contributed by atoms with Crippen LogP contribution in [0.3, 0.4) is 0 Å². The van der Waals surface area contributed by atoms with Crippen LogP contribution in [0.2, 0.25) is 0 Å². The Labute approximate surface area is 188 Å². The average molecular weight is 443 g/mol. The standard InChI is InChI=1S/C24H30N2O6/c1-6-26-18-14-17(10-11-19(18)32-15(5)24(26)28)25-23(27)16-12-20(29-7-2)22(31-9-4)21(13-16)30-8-3/h10-15H,6-9H2,1-5H3,(H,25,27). The van der Waals surface area contributed by atoms with Crippen molar-refractivity contribution in [1.82, 2.24) is 0 Å². The molecule has 0 aliphatic carbocycles. The van der Waals surface area contributed by atoms with Crippen LogP contribution in [-0.4, -0.2) is 44.3 Å². The number of hydrogen-bond acceptors (Lipinski definition) is 6. The van der Waals surface area contributed by atoms with Crippen molar-refractivity contribution in [2.24, 2.45) is 0 Å². The van der Waals surface area contributed by atoms with E-state index >= 15 is 0 Å². The molecule has 1 heterocycles. The summed E-state index contributed by atoms with van der Waals surface area (Å²) in [5, 5.41) is 2.88. The van der Waals surface area contributed by atoms with Crippen LogP contribution in [0.4, 0.5) is 11.4 Å². The van der Waals surface area contributed by atoms with Gasteiger partial charge in [-0.05, 0) is 65.0 Å². The highest BCUT2D eigenvalue weighted by Gasteiger charge is 2.30. The average Bonchev–Trinajstić information content (AvgIpc) is 2.77. The van der Waals surface area contributed by atoms with Gasteiger partial charge in [-0.3, -0.25) is 9.59 Å². The third-order valence-corrected chi connectivity index (χ3v) is 4.91. The largest absolute Gasteiger partial charge is 0.490 e. The van der Waals surface area contributed by atoms with Crippen LogP contribution in [0.5, 0.6) is 23.0 Å². The molecule has 172 valence electrons. The Kier molecular flexibility index (Phi) is 7.45. The molecule has 0 saturated carbocycles. The minimum Gasteiger partial charge on any atom is -0.490 e. The fourth-order valence-electron chi connectivity index (χ4n) is 3.53. The predicted molar refractivity (Wildman–Crippen MR) is 122 cm³/mol. The van der Waals surface area contributed by atoms with E-state index in [1.165, 1.54) is 0 Å². The lowest BCUT2D eigenvalue weighted by atomic mass is 10.1. The molecule has 1 aliphatic heterocycles. The van der Waals surface area contributed by atoms with E-state index in [1.54, 1.807) is 42.2 Å². The van der Waals surface area contributed by atoms with Crippen LogP contribution < -0.4 is 29.2 Å². The summed E-state index contributed by atoms with van der Waals surface area (Å²) in [4.78, 5) is 27.1. The van der Waals surface area contributed by atoms with E-state index in [4.69, 9.17) is 18.9 Å². The van der Waals surface area contributed by atoms with Gasteiger partial charge in [-0.15, -0.1) is 0 Å². The van der Waals surface area contributed by atoms with Crippen molar-refractivity contribution in [3.8, 4) is 23.0 Å². The van der Waals surface area contributed by atoms with Crippen molar-refractivity contribution in [3.05, 3.63) is 35.9 Å². The lowest BCUT2D eigenvalue weighted by Gasteiger charge is -2.32. The number of rotatable bonds is 9. The molecule has 0 saturated heterocycles. The number of fused-ring (bicyclic) bond motifs is 1. The minimum absolute atomic E-state index is 0.113. The van der Waals surface area contributed by atoms with Crippen molar-refractivity contribution in [2.75, 3.05) is 36.6 Å². The van der Waals surface area contributed by atoms with Gasteiger partial charge in [-0.25, -0.2) is 0 Å². The number of likely N-dealkylation sites (N-methyl/N-ethyl adjacent to an activating group) is 1. The molecule has 2 aromatic carbocycles. The molecule has 0 aromatic heterocycles. The third kappa shape index (κ3) is 4.74. The fraction of sp³-hybridized carbons (Fsp3) is 0.417. The molecule has 0 radical (unpaired) electrons. The molecule has 1 N–H and O–H groups in total. The first-order chi connectivity index (χ1) is 15.4. The van der Waals surface area contributed by atoms with Gasteiger partial charge in [0.15, 0.2) is 17.6 Å². The van der Waals surface area contributed by atoms with Crippen molar-refractivity contribution in [2.45, 2.75) is 40.7 Å². The SMILES string of the molecule is CCOc1cc(C(=O)Nc2ccc3c(c2)N(CC)C(=O)C(C)O3)cc(OCC)c1OCC. The molecular formula is C24H30N2O6. The van der Waals surface area contributed by atoms with Gasteiger partial charge in [0.1, 0.15) is 5.75 Å². The summed E-state index contributed by atoms with van der Waals surface area (Å²) < 4.78 is 22.8. The van der Waals surface area contributed by atoms with E-state index in [-0.39, 0.29) is 11.8 Å². The number of carbonyl (C=O) groups excluding carboxylic acids is 2. The highest BCUT2D eigenvalue weighted by Crippen LogP contribution is 2.40. The zero-order chi connectivity index (χ0) is 23.3. The topological polar surface area (TPSA) is 86.3 Å². The van der Waals surface area contributed by atoms with E-state index in [2.05, 4.69) is 5.32 Å². The minimum atomic E-state index is -0.541. The van der Waals surface area contributed by atoms with E-state index in [9.17, 15) is 9.59 Å². The molecule has 8 heteroatoms. The third-order valence-electron chi connectivity index (χ3n) is 4.91. The normalized spacial score (nSPS) is 15.0. The molecular weight excluding hydrogens is 412 g/mol. The smallest absolute Gasteiger partial charge is 0.267 e. The molecule has 2 aromatic rings. The molecule has 0 fully saturated rings. The number of amides is 2. The molecule has 0 spiro atoms. The fourth-order valence-corrected chi connectivity index (χ4v) is 3.53. The highest BCUT2D eigenvalue weighted by atomic mass is 16.5. The molecule has 1 aliphatic rings. The summed E-state index contributed by atoms with van der Waals surface area (Å²) >= 11 is 0. The highest BCUT2D eigenvalue weighted by molar-refractivity contribution is 6.06. The molecule has 2 amide bonds. The van der Waals surface area contributed by atoms with E-state index in [0.717, 1.165) is 0 Å². The van der Waals surface area contributed by atoms with Gasteiger partial charge in [0, 0.05) is 17.8 Å². The zero-order valence-electron chi connectivity index (χ0n) is 19.2. The van der Waals surface area contributed by atoms with Gasteiger partial charge in [0.2, 0.25) is 5.75 Å². The van der Waals surface area contributed by atoms with Crippen molar-refractivity contribution < 1.29 is 28.5 Å². The van der Waals surface area contributed by atoms with Gasteiger partial charge >= 0.3 is 0 Å². The van der Waals surface area contributed by atoms with E-state index in [0.29, 0.717) is 66.3 Å². The molecule has 3 rings (SSSR count). The van der Waals surface area contributed by atoms with E-state index in [1.807, 2.05) is 27.7 Å². The first-order valence-electron chi connectivity index (χ1n) is 10.9. The number of ether oxygens (including phenoxy) is 4. The molecule has 0 bridgehead atoms. The number of nitrogens with one attached hydrogen (secondary N) is 1. The van der Waals surface area contributed by atoms with Gasteiger partial charge in [0.25, 0.3) is 11.8 Å². The molecule has 32 heavy (non-hydrogen) atoms. The van der Waals surface area contributed by atoms with Crippen LogP contribution in [0.1, 0.15) is 45.0 Å². The van der Waals surface area contributed by atoms with Crippen molar-refractivity contribution >= 4 is 23.2 Å². The van der Waals surface area contributed by atoms with E-state index < -0.39 is 6.10 Å². The summed E-state index contributed by atoms with van der Waals surface area (Å²) in [5.41, 5.74) is 1.54. The Morgan fingerprint density at radius 3 is 2.19 bits per heavy atom. The Morgan fingerprint density at radius 2 is 1.62 bits per heavy atom. The molecule has 1 unspecified atom stereocenters. The summed E-state index contributed by atoms with van der Waals surface area (Å²) in [7, 11) is 0. The maximum atomic E-state index is 13.1. The Balaban J connectivity index is 1.92. The van der Waals surface area contributed by atoms with Crippen LogP contribution in [0.25, 0.3) is 0 Å².